The van der Waals surface area contributed by atoms with Gasteiger partial charge in [-0.1, -0.05) is 38.5 Å². The van der Waals surface area contributed by atoms with Crippen LogP contribution >= 0.6 is 0 Å². The average molecular weight is 540 g/mol. The van der Waals surface area contributed by atoms with E-state index in [0.29, 0.717) is 25.4 Å². The van der Waals surface area contributed by atoms with Gasteiger partial charge in [-0.25, -0.2) is 14.8 Å². The van der Waals surface area contributed by atoms with Crippen LogP contribution in [0.25, 0.3) is 0 Å². The number of nitrogens with zero attached hydrogens (tertiary/aromatic N) is 3. The molecular weight excluding hydrogens is 490 g/mol. The molecular formula is C31H49N5O3. The highest BCUT2D eigenvalue weighted by molar-refractivity contribution is 5.76. The molecule has 216 valence electrons. The fourth-order valence-electron chi connectivity index (χ4n) is 5.13. The van der Waals surface area contributed by atoms with Gasteiger partial charge in [-0.15, -0.1) is 0 Å². The Labute approximate surface area is 235 Å². The van der Waals surface area contributed by atoms with E-state index >= 15 is 0 Å². The number of carboxylic acid groups (broad SMARTS) is 1. The minimum Gasteiger partial charge on any atom is -0.480 e. The number of nitrogens with one attached hydrogen (secondary N) is 2. The van der Waals surface area contributed by atoms with Gasteiger partial charge in [0, 0.05) is 43.9 Å². The molecule has 8 nitrogen and oxygen atoms in total. The SMILES string of the molecule is COCCN(CCCCC1=C(C)CCC2=C(C=C1)CCCN2)CC[C@H](Nc1cc(C(C)(C)C)ncn1)C(=O)O. The van der Waals surface area contributed by atoms with Crippen molar-refractivity contribution in [2.75, 3.05) is 45.2 Å². The first-order valence-electron chi connectivity index (χ1n) is 14.5. The molecule has 0 fully saturated rings. The highest BCUT2D eigenvalue weighted by Gasteiger charge is 2.21. The molecule has 0 bridgehead atoms. The Morgan fingerprint density at radius 2 is 1.97 bits per heavy atom. The van der Waals surface area contributed by atoms with Crippen molar-refractivity contribution >= 4 is 11.8 Å². The standard InChI is InChI=1S/C31H49N5O3/c1-23-11-14-26-25(10-8-16-32-26)13-12-24(23)9-6-7-17-36(19-20-39-5)18-15-27(30(37)38)35-29-21-28(31(2,3)4)33-22-34-29/h12-13,21-22,27,32H,6-11,14-20H2,1-5H3,(H,37,38)(H,33,34,35)/t27-/m0/s1. The quantitative estimate of drug-likeness (QED) is 0.268. The fraction of sp³-hybridized carbons (Fsp3) is 0.645. The molecule has 1 aromatic rings. The van der Waals surface area contributed by atoms with Crippen molar-refractivity contribution in [1.82, 2.24) is 20.2 Å². The van der Waals surface area contributed by atoms with Gasteiger partial charge in [-0.2, -0.15) is 0 Å². The Morgan fingerprint density at radius 1 is 1.15 bits per heavy atom. The van der Waals surface area contributed by atoms with Crippen molar-refractivity contribution in [2.24, 2.45) is 0 Å². The summed E-state index contributed by atoms with van der Waals surface area (Å²) in [5.41, 5.74) is 6.63. The molecule has 0 radical (unpaired) electrons. The van der Waals surface area contributed by atoms with Crippen LogP contribution in [0.3, 0.4) is 0 Å². The number of methoxy groups -OCH3 is 1. The summed E-state index contributed by atoms with van der Waals surface area (Å²) in [6, 6.07) is 1.13. The lowest BCUT2D eigenvalue weighted by atomic mass is 9.91. The second-order valence-corrected chi connectivity index (χ2v) is 11.8. The van der Waals surface area contributed by atoms with Gasteiger partial charge in [0.15, 0.2) is 0 Å². The Hall–Kier alpha value is -2.71. The number of aromatic nitrogens is 2. The second kappa shape index (κ2) is 15.2. The Balaban J connectivity index is 1.52. The van der Waals surface area contributed by atoms with Crippen molar-refractivity contribution in [3.8, 4) is 0 Å². The lowest BCUT2D eigenvalue weighted by molar-refractivity contribution is -0.138. The monoisotopic (exact) mass is 539 g/mol. The number of rotatable bonds is 14. The average Bonchev–Trinajstić information content (AvgIpc) is 2.90. The van der Waals surface area contributed by atoms with Crippen LogP contribution in [0.2, 0.25) is 0 Å². The predicted octanol–water partition coefficient (Wildman–Crippen LogP) is 5.45. The summed E-state index contributed by atoms with van der Waals surface area (Å²) < 4.78 is 5.34. The van der Waals surface area contributed by atoms with E-state index in [1.54, 1.807) is 7.11 Å². The Morgan fingerprint density at radius 3 is 2.72 bits per heavy atom. The van der Waals surface area contributed by atoms with Crippen LogP contribution in [0.1, 0.15) is 84.8 Å². The minimum atomic E-state index is -0.873. The first kappa shape index (κ1) is 30.8. The first-order chi connectivity index (χ1) is 18.7. The molecule has 2 aliphatic rings. The van der Waals surface area contributed by atoms with Crippen LogP contribution in [0.15, 0.2) is 47.0 Å². The van der Waals surface area contributed by atoms with Gasteiger partial charge >= 0.3 is 5.97 Å². The van der Waals surface area contributed by atoms with Crippen LogP contribution < -0.4 is 10.6 Å². The van der Waals surface area contributed by atoms with Crippen molar-refractivity contribution in [3.63, 3.8) is 0 Å². The summed E-state index contributed by atoms with van der Waals surface area (Å²) in [7, 11) is 1.71. The van der Waals surface area contributed by atoms with E-state index in [9.17, 15) is 9.90 Å². The molecule has 0 saturated carbocycles. The van der Waals surface area contributed by atoms with Crippen LogP contribution in [-0.4, -0.2) is 71.9 Å². The van der Waals surface area contributed by atoms with E-state index in [4.69, 9.17) is 4.74 Å². The molecule has 3 rings (SSSR count). The molecule has 3 N–H and O–H groups in total. The molecule has 1 aliphatic carbocycles. The first-order valence-corrected chi connectivity index (χ1v) is 14.5. The molecule has 8 heteroatoms. The maximum atomic E-state index is 12.1. The van der Waals surface area contributed by atoms with Gasteiger partial charge in [-0.05, 0) is 76.0 Å². The van der Waals surface area contributed by atoms with E-state index < -0.39 is 12.0 Å². The van der Waals surface area contributed by atoms with Gasteiger partial charge in [0.05, 0.1) is 12.3 Å². The normalized spacial score (nSPS) is 17.0. The zero-order valence-electron chi connectivity index (χ0n) is 24.7. The number of carbonyl (C=O) groups is 1. The molecule has 1 aromatic heterocycles. The number of hydrogen-bond acceptors (Lipinski definition) is 7. The zero-order valence-corrected chi connectivity index (χ0v) is 24.7. The van der Waals surface area contributed by atoms with E-state index in [2.05, 4.69) is 65.3 Å². The summed E-state index contributed by atoms with van der Waals surface area (Å²) in [5, 5.41) is 16.6. The van der Waals surface area contributed by atoms with Crippen molar-refractivity contribution in [3.05, 3.63) is 52.7 Å². The summed E-state index contributed by atoms with van der Waals surface area (Å²) in [4.78, 5) is 23.0. The largest absolute Gasteiger partial charge is 0.480 e. The van der Waals surface area contributed by atoms with E-state index in [1.165, 1.54) is 41.6 Å². The smallest absolute Gasteiger partial charge is 0.326 e. The van der Waals surface area contributed by atoms with Crippen molar-refractivity contribution in [1.29, 1.82) is 0 Å². The maximum Gasteiger partial charge on any atom is 0.326 e. The number of aliphatic carboxylic acids is 1. The number of allylic oxidation sites excluding steroid dienone is 6. The lowest BCUT2D eigenvalue weighted by Gasteiger charge is -2.25. The third kappa shape index (κ3) is 10.1. The van der Waals surface area contributed by atoms with Crippen molar-refractivity contribution < 1.29 is 14.6 Å². The number of carboxylic acids is 1. The van der Waals surface area contributed by atoms with E-state index in [-0.39, 0.29) is 5.41 Å². The van der Waals surface area contributed by atoms with E-state index in [1.807, 2.05) is 6.07 Å². The molecule has 39 heavy (non-hydrogen) atoms. The number of anilines is 1. The zero-order chi connectivity index (χ0) is 28.3. The molecule has 0 amide bonds. The van der Waals surface area contributed by atoms with Crippen LogP contribution in [0.5, 0.6) is 0 Å². The van der Waals surface area contributed by atoms with Crippen LogP contribution in [-0.2, 0) is 14.9 Å². The van der Waals surface area contributed by atoms with Crippen LogP contribution in [0.4, 0.5) is 5.82 Å². The van der Waals surface area contributed by atoms with Gasteiger partial charge in [0.25, 0.3) is 0 Å². The van der Waals surface area contributed by atoms with Gasteiger partial charge < -0.3 is 25.4 Å². The summed E-state index contributed by atoms with van der Waals surface area (Å²) in [6.07, 6.45) is 14.6. The minimum absolute atomic E-state index is 0.136. The lowest BCUT2D eigenvalue weighted by Crippen LogP contribution is -2.37. The molecule has 0 unspecified atom stereocenters. The highest BCUT2D eigenvalue weighted by atomic mass is 16.5. The number of hydrogen-bond donors (Lipinski definition) is 3. The van der Waals surface area contributed by atoms with Gasteiger partial charge in [0.2, 0.25) is 0 Å². The second-order valence-electron chi connectivity index (χ2n) is 11.8. The highest BCUT2D eigenvalue weighted by Crippen LogP contribution is 2.28. The molecule has 0 spiro atoms. The Kier molecular flexibility index (Phi) is 12.0. The molecule has 0 aromatic carbocycles. The summed E-state index contributed by atoms with van der Waals surface area (Å²) in [6.45, 7) is 12.6. The third-order valence-electron chi connectivity index (χ3n) is 7.70. The molecule has 2 heterocycles. The topological polar surface area (TPSA) is 99.6 Å². The van der Waals surface area contributed by atoms with E-state index in [0.717, 1.165) is 57.4 Å². The number of unbranched alkanes of at least 4 members (excludes halogenated alkanes) is 1. The Bertz CT molecular complexity index is 1040. The molecule has 0 saturated heterocycles. The van der Waals surface area contributed by atoms with Crippen LogP contribution in [0, 0.1) is 0 Å². The summed E-state index contributed by atoms with van der Waals surface area (Å²) in [5.74, 6) is -0.323. The molecule has 1 atom stereocenters. The fourth-order valence-corrected chi connectivity index (χ4v) is 5.13. The van der Waals surface area contributed by atoms with Crippen molar-refractivity contribution in [2.45, 2.75) is 90.5 Å². The van der Waals surface area contributed by atoms with Gasteiger partial charge in [-0.3, -0.25) is 0 Å². The molecule has 1 aliphatic heterocycles. The maximum absolute atomic E-state index is 12.1. The number of ether oxygens (including phenoxy) is 1. The van der Waals surface area contributed by atoms with Gasteiger partial charge in [0.1, 0.15) is 18.2 Å². The summed E-state index contributed by atoms with van der Waals surface area (Å²) >= 11 is 0. The third-order valence-corrected chi connectivity index (χ3v) is 7.70. The predicted molar refractivity (Wildman–Crippen MR) is 158 cm³/mol.